The summed E-state index contributed by atoms with van der Waals surface area (Å²) in [5.74, 6) is 1.42. The Kier molecular flexibility index (Phi) is 4.00. The number of ether oxygens (including phenoxy) is 1. The molecular weight excluding hydrogens is 236 g/mol. The molecular formula is C11H20N4O3. The smallest absolute Gasteiger partial charge is 0.273 e. The van der Waals surface area contributed by atoms with Gasteiger partial charge in [0.2, 0.25) is 0 Å². The fourth-order valence-electron chi connectivity index (χ4n) is 2.71. The van der Waals surface area contributed by atoms with E-state index in [0.29, 0.717) is 17.8 Å². The molecule has 2 rings (SSSR count). The van der Waals surface area contributed by atoms with Crippen molar-refractivity contribution < 1.29 is 9.77 Å². The molecule has 0 bridgehead atoms. The van der Waals surface area contributed by atoms with Crippen LogP contribution in [0.2, 0.25) is 0 Å². The normalized spacial score (nSPS) is 31.1. The molecule has 2 atom stereocenters. The van der Waals surface area contributed by atoms with Crippen LogP contribution >= 0.6 is 0 Å². The van der Waals surface area contributed by atoms with Gasteiger partial charge in [0.25, 0.3) is 5.96 Å². The Morgan fingerprint density at radius 3 is 2.94 bits per heavy atom. The van der Waals surface area contributed by atoms with Gasteiger partial charge in [-0.25, -0.2) is 10.1 Å². The molecule has 0 spiro atoms. The van der Waals surface area contributed by atoms with Gasteiger partial charge in [-0.3, -0.25) is 0 Å². The lowest BCUT2D eigenvalue weighted by Crippen LogP contribution is -2.53. The molecule has 0 amide bonds. The first-order valence-corrected chi connectivity index (χ1v) is 6.33. The molecule has 2 aliphatic rings. The van der Waals surface area contributed by atoms with Crippen LogP contribution < -0.4 is 0 Å². The van der Waals surface area contributed by atoms with Crippen molar-refractivity contribution >= 4 is 5.96 Å². The van der Waals surface area contributed by atoms with Gasteiger partial charge < -0.3 is 14.5 Å². The zero-order valence-corrected chi connectivity index (χ0v) is 10.9. The topological polar surface area (TPSA) is 71.2 Å². The Labute approximate surface area is 107 Å². The summed E-state index contributed by atoms with van der Waals surface area (Å²) in [6.45, 7) is 6.13. The molecule has 2 heterocycles. The maximum absolute atomic E-state index is 10.6. The minimum Gasteiger partial charge on any atom is -0.381 e. The van der Waals surface area contributed by atoms with Crippen LogP contribution in [0.1, 0.15) is 13.3 Å². The molecule has 0 aromatic rings. The van der Waals surface area contributed by atoms with Crippen LogP contribution in [0.25, 0.3) is 0 Å². The molecule has 7 nitrogen and oxygen atoms in total. The molecule has 0 radical (unpaired) electrons. The van der Waals surface area contributed by atoms with Gasteiger partial charge >= 0.3 is 0 Å². The van der Waals surface area contributed by atoms with E-state index in [-0.39, 0.29) is 0 Å². The number of hydrogen-bond acceptors (Lipinski definition) is 3. The van der Waals surface area contributed by atoms with Crippen molar-refractivity contribution in [2.45, 2.75) is 13.3 Å². The average Bonchev–Trinajstić information content (AvgIpc) is 2.75. The highest BCUT2D eigenvalue weighted by Gasteiger charge is 2.31. The van der Waals surface area contributed by atoms with Gasteiger partial charge in [-0.15, -0.1) is 0 Å². The summed E-state index contributed by atoms with van der Waals surface area (Å²) < 4.78 is 5.35. The van der Waals surface area contributed by atoms with Crippen molar-refractivity contribution in [2.24, 2.45) is 16.9 Å². The molecule has 0 N–H and O–H groups in total. The van der Waals surface area contributed by atoms with E-state index in [1.54, 1.807) is 0 Å². The van der Waals surface area contributed by atoms with Crippen molar-refractivity contribution in [3.8, 4) is 0 Å². The molecule has 2 saturated heterocycles. The third-order valence-corrected chi connectivity index (χ3v) is 3.42. The lowest BCUT2D eigenvalue weighted by atomic mass is 10.1. The highest BCUT2D eigenvalue weighted by Crippen LogP contribution is 2.19. The van der Waals surface area contributed by atoms with Crippen LogP contribution in [0.3, 0.4) is 0 Å². The number of guanidine groups is 1. The van der Waals surface area contributed by atoms with Gasteiger partial charge in [-0.05, 0) is 12.3 Å². The first-order valence-electron chi connectivity index (χ1n) is 6.33. The Bertz CT molecular complexity index is 341. The van der Waals surface area contributed by atoms with Crippen LogP contribution in [0.5, 0.6) is 0 Å². The predicted molar refractivity (Wildman–Crippen MR) is 66.7 cm³/mol. The van der Waals surface area contributed by atoms with E-state index >= 15 is 0 Å². The van der Waals surface area contributed by atoms with Gasteiger partial charge in [0.05, 0.1) is 6.61 Å². The van der Waals surface area contributed by atoms with E-state index in [1.807, 2.05) is 16.8 Å². The van der Waals surface area contributed by atoms with Crippen LogP contribution in [0.4, 0.5) is 0 Å². The summed E-state index contributed by atoms with van der Waals surface area (Å²) in [5, 5.41) is 13.5. The van der Waals surface area contributed by atoms with Gasteiger partial charge in [0.1, 0.15) is 5.10 Å². The number of nitro groups is 1. The monoisotopic (exact) mass is 256 g/mol. The third-order valence-electron chi connectivity index (χ3n) is 3.42. The van der Waals surface area contributed by atoms with Crippen molar-refractivity contribution in [3.63, 3.8) is 0 Å². The number of nitrogens with zero attached hydrogens (tertiary/aromatic N) is 4. The Hall–Kier alpha value is -1.37. The summed E-state index contributed by atoms with van der Waals surface area (Å²) in [4.78, 5) is 14.5. The average molecular weight is 256 g/mol. The Balaban J connectivity index is 2.08. The van der Waals surface area contributed by atoms with Crippen molar-refractivity contribution in [1.82, 2.24) is 9.80 Å². The maximum Gasteiger partial charge on any atom is 0.273 e. The second-order valence-corrected chi connectivity index (χ2v) is 5.26. The standard InChI is InChI=1S/C11H20N4O3/c1-9-5-13(2)11(12-15(16)17)14(6-9)7-10-3-4-18-8-10/h9-10H,3-8H2,1-2H3/b12-11+. The molecule has 0 saturated carbocycles. The molecule has 7 heteroatoms. The number of hydrazone groups is 1. The van der Waals surface area contributed by atoms with Crippen LogP contribution in [0.15, 0.2) is 5.10 Å². The van der Waals surface area contributed by atoms with Gasteiger partial charge in [0.15, 0.2) is 5.03 Å². The van der Waals surface area contributed by atoms with Crippen LogP contribution in [-0.4, -0.2) is 60.7 Å². The van der Waals surface area contributed by atoms with Gasteiger partial charge in [0, 0.05) is 39.2 Å². The van der Waals surface area contributed by atoms with E-state index in [9.17, 15) is 10.1 Å². The summed E-state index contributed by atoms with van der Waals surface area (Å²) in [7, 11) is 1.86. The predicted octanol–water partition coefficient (Wildman–Crippen LogP) is 0.454. The van der Waals surface area contributed by atoms with Gasteiger partial charge in [-0.1, -0.05) is 6.92 Å². The molecule has 2 fully saturated rings. The first kappa shape index (κ1) is 13.1. The van der Waals surface area contributed by atoms with Crippen LogP contribution in [0, 0.1) is 22.0 Å². The molecule has 0 aromatic heterocycles. The largest absolute Gasteiger partial charge is 0.381 e. The lowest BCUT2D eigenvalue weighted by Gasteiger charge is -2.39. The molecule has 18 heavy (non-hydrogen) atoms. The zero-order valence-electron chi connectivity index (χ0n) is 10.9. The minimum absolute atomic E-state index is 0.459. The maximum atomic E-state index is 10.6. The molecule has 0 aliphatic carbocycles. The fourth-order valence-corrected chi connectivity index (χ4v) is 2.71. The SMILES string of the molecule is CC1CN(C)/C(=N\[N+](=O)[O-])N(CC2CCOC2)C1. The van der Waals surface area contributed by atoms with Gasteiger partial charge in [-0.2, -0.15) is 0 Å². The van der Waals surface area contributed by atoms with Crippen molar-refractivity contribution in [2.75, 3.05) is 39.9 Å². The van der Waals surface area contributed by atoms with E-state index < -0.39 is 5.03 Å². The summed E-state index contributed by atoms with van der Waals surface area (Å²) in [6, 6.07) is 0. The van der Waals surface area contributed by atoms with Crippen molar-refractivity contribution in [3.05, 3.63) is 10.1 Å². The summed E-state index contributed by atoms with van der Waals surface area (Å²) in [5.41, 5.74) is 0. The van der Waals surface area contributed by atoms with E-state index in [0.717, 1.165) is 39.3 Å². The molecule has 2 aliphatic heterocycles. The minimum atomic E-state index is -0.611. The fraction of sp³-hybridized carbons (Fsp3) is 0.909. The summed E-state index contributed by atoms with van der Waals surface area (Å²) in [6.07, 6.45) is 1.03. The highest BCUT2D eigenvalue weighted by molar-refractivity contribution is 5.80. The molecule has 102 valence electrons. The highest BCUT2D eigenvalue weighted by atomic mass is 16.7. The van der Waals surface area contributed by atoms with E-state index in [4.69, 9.17) is 4.74 Å². The molecule has 2 unspecified atom stereocenters. The zero-order chi connectivity index (χ0) is 13.1. The quantitative estimate of drug-likeness (QED) is 0.541. The Morgan fingerprint density at radius 1 is 1.56 bits per heavy atom. The number of hydrogen-bond donors (Lipinski definition) is 0. The third kappa shape index (κ3) is 3.10. The second-order valence-electron chi connectivity index (χ2n) is 5.26. The lowest BCUT2D eigenvalue weighted by molar-refractivity contribution is -0.486. The second kappa shape index (κ2) is 5.51. The molecule has 0 aromatic carbocycles. The summed E-state index contributed by atoms with van der Waals surface area (Å²) >= 11 is 0. The van der Waals surface area contributed by atoms with Crippen molar-refractivity contribution in [1.29, 1.82) is 0 Å². The first-order chi connectivity index (χ1) is 8.56. The van der Waals surface area contributed by atoms with E-state index in [1.165, 1.54) is 0 Å². The van der Waals surface area contributed by atoms with Crippen LogP contribution in [-0.2, 0) is 4.74 Å². The Morgan fingerprint density at radius 2 is 2.33 bits per heavy atom. The van der Waals surface area contributed by atoms with E-state index in [2.05, 4.69) is 12.0 Å². The number of rotatable bonds is 3.